The molecule has 2 rings (SSSR count). The van der Waals surface area contributed by atoms with E-state index < -0.39 is 0 Å². The van der Waals surface area contributed by atoms with Crippen molar-refractivity contribution in [3.05, 3.63) is 23.4 Å². The van der Waals surface area contributed by atoms with Gasteiger partial charge in [0.15, 0.2) is 0 Å². The van der Waals surface area contributed by atoms with Crippen LogP contribution in [0.3, 0.4) is 0 Å². The molecule has 3 nitrogen and oxygen atoms in total. The van der Waals surface area contributed by atoms with E-state index in [1.807, 2.05) is 0 Å². The number of aryl methyl sites for hydroxylation is 1. The minimum Gasteiger partial charge on any atom is -0.392 e. The highest BCUT2D eigenvalue weighted by Gasteiger charge is 2.27. The minimum atomic E-state index is 0.0697. The number of nitrogens with zero attached hydrogens (tertiary/aromatic N) is 2. The topological polar surface area (TPSA) is 36.4 Å². The molecule has 0 radical (unpaired) electrons. The molecule has 0 amide bonds. The summed E-state index contributed by atoms with van der Waals surface area (Å²) in [6, 6.07) is 2.05. The Morgan fingerprint density at radius 2 is 2.05 bits per heavy atom. The van der Waals surface area contributed by atoms with Crippen molar-refractivity contribution in [3.63, 3.8) is 0 Å². The molecule has 0 bridgehead atoms. The van der Waals surface area contributed by atoms with Crippen LogP contribution in [0.2, 0.25) is 0 Å². The van der Waals surface area contributed by atoms with Crippen LogP contribution < -0.4 is 4.90 Å². The summed E-state index contributed by atoms with van der Waals surface area (Å²) >= 11 is 0. The maximum absolute atomic E-state index is 9.18. The van der Waals surface area contributed by atoms with E-state index in [0.29, 0.717) is 5.41 Å². The summed E-state index contributed by atoms with van der Waals surface area (Å²) in [5.74, 6) is 1.89. The van der Waals surface area contributed by atoms with Gasteiger partial charge in [-0.05, 0) is 54.7 Å². The Labute approximate surface area is 123 Å². The van der Waals surface area contributed by atoms with E-state index in [-0.39, 0.29) is 6.61 Å². The van der Waals surface area contributed by atoms with Crippen LogP contribution in [0, 0.1) is 18.3 Å². The summed E-state index contributed by atoms with van der Waals surface area (Å²) in [7, 11) is 0. The summed E-state index contributed by atoms with van der Waals surface area (Å²) in [6.45, 7) is 11.4. The summed E-state index contributed by atoms with van der Waals surface area (Å²) in [5, 5.41) is 9.18. The highest BCUT2D eigenvalue weighted by Crippen LogP contribution is 2.35. The number of aromatic nitrogens is 1. The van der Waals surface area contributed by atoms with Crippen LogP contribution in [0.1, 0.15) is 51.2 Å². The molecular weight excluding hydrogens is 248 g/mol. The van der Waals surface area contributed by atoms with Crippen molar-refractivity contribution in [1.82, 2.24) is 4.98 Å². The van der Waals surface area contributed by atoms with Gasteiger partial charge in [-0.25, -0.2) is 4.98 Å². The molecule has 0 aromatic carbocycles. The van der Waals surface area contributed by atoms with Gasteiger partial charge < -0.3 is 10.0 Å². The van der Waals surface area contributed by atoms with E-state index in [0.717, 1.165) is 30.4 Å². The molecule has 0 aliphatic carbocycles. The Hall–Kier alpha value is -1.09. The van der Waals surface area contributed by atoms with Gasteiger partial charge in [-0.1, -0.05) is 20.8 Å². The average molecular weight is 276 g/mol. The molecule has 1 aliphatic heterocycles. The van der Waals surface area contributed by atoms with Gasteiger partial charge in [-0.15, -0.1) is 0 Å². The third kappa shape index (κ3) is 3.51. The zero-order chi connectivity index (χ0) is 14.8. The molecule has 0 saturated carbocycles. The van der Waals surface area contributed by atoms with Crippen molar-refractivity contribution < 1.29 is 5.11 Å². The Balaban J connectivity index is 2.11. The fourth-order valence-electron chi connectivity index (χ4n) is 3.22. The van der Waals surface area contributed by atoms with Gasteiger partial charge in [-0.2, -0.15) is 0 Å². The molecule has 1 N–H and O–H groups in total. The van der Waals surface area contributed by atoms with Crippen molar-refractivity contribution in [3.8, 4) is 0 Å². The van der Waals surface area contributed by atoms with E-state index in [1.165, 1.54) is 24.8 Å². The van der Waals surface area contributed by atoms with E-state index in [1.54, 1.807) is 6.20 Å². The lowest BCUT2D eigenvalue weighted by Crippen LogP contribution is -2.27. The molecule has 20 heavy (non-hydrogen) atoms. The first-order valence-electron chi connectivity index (χ1n) is 7.73. The molecular formula is C17H28N2O. The second-order valence-corrected chi connectivity index (χ2v) is 7.12. The lowest BCUT2D eigenvalue weighted by atomic mass is 9.77. The van der Waals surface area contributed by atoms with Crippen LogP contribution in [0.4, 0.5) is 5.82 Å². The third-order valence-electron chi connectivity index (χ3n) is 4.54. The molecule has 1 unspecified atom stereocenters. The maximum atomic E-state index is 9.18. The summed E-state index contributed by atoms with van der Waals surface area (Å²) < 4.78 is 0. The third-order valence-corrected chi connectivity index (χ3v) is 4.54. The Morgan fingerprint density at radius 1 is 1.30 bits per heavy atom. The molecule has 1 aliphatic rings. The zero-order valence-corrected chi connectivity index (χ0v) is 13.3. The number of pyridine rings is 1. The van der Waals surface area contributed by atoms with Gasteiger partial charge >= 0.3 is 0 Å². The molecule has 1 aromatic heterocycles. The van der Waals surface area contributed by atoms with Gasteiger partial charge in [-0.3, -0.25) is 0 Å². The van der Waals surface area contributed by atoms with Gasteiger partial charge in [0.25, 0.3) is 0 Å². The average Bonchev–Trinajstić information content (AvgIpc) is 2.63. The van der Waals surface area contributed by atoms with Gasteiger partial charge in [0.05, 0.1) is 6.61 Å². The SMILES string of the molecule is Cc1cc(CO)cnc1N1CCCC(C(C)(C)C)CC1. The van der Waals surface area contributed by atoms with Crippen molar-refractivity contribution in [2.24, 2.45) is 11.3 Å². The smallest absolute Gasteiger partial charge is 0.131 e. The standard InChI is InChI=1S/C17H28N2O/c1-13-10-14(12-20)11-18-16(13)19-8-5-6-15(7-9-19)17(2,3)4/h10-11,15,20H,5-9,12H2,1-4H3. The lowest BCUT2D eigenvalue weighted by molar-refractivity contribution is 0.220. The Bertz CT molecular complexity index is 451. The number of aliphatic hydroxyl groups excluding tert-OH is 1. The largest absolute Gasteiger partial charge is 0.392 e. The predicted octanol–water partition coefficient (Wildman–Crippen LogP) is 3.53. The normalized spacial score (nSPS) is 20.9. The highest BCUT2D eigenvalue weighted by molar-refractivity contribution is 5.47. The van der Waals surface area contributed by atoms with Crippen LogP contribution in [0.25, 0.3) is 0 Å². The first-order chi connectivity index (χ1) is 9.41. The first-order valence-corrected chi connectivity index (χ1v) is 7.73. The van der Waals surface area contributed by atoms with E-state index in [2.05, 4.69) is 43.6 Å². The number of hydrogen-bond donors (Lipinski definition) is 1. The molecule has 112 valence electrons. The summed E-state index contributed by atoms with van der Waals surface area (Å²) in [6.07, 6.45) is 5.60. The van der Waals surface area contributed by atoms with Gasteiger partial charge in [0.2, 0.25) is 0 Å². The number of aliphatic hydroxyl groups is 1. The van der Waals surface area contributed by atoms with E-state index in [9.17, 15) is 5.11 Å². The number of hydrogen-bond acceptors (Lipinski definition) is 3. The van der Waals surface area contributed by atoms with Crippen molar-refractivity contribution in [2.45, 2.75) is 53.6 Å². The lowest BCUT2D eigenvalue weighted by Gasteiger charge is -2.30. The second-order valence-electron chi connectivity index (χ2n) is 7.12. The molecule has 0 spiro atoms. The zero-order valence-electron chi connectivity index (χ0n) is 13.3. The van der Waals surface area contributed by atoms with Crippen LogP contribution in [-0.4, -0.2) is 23.2 Å². The highest BCUT2D eigenvalue weighted by atomic mass is 16.3. The van der Waals surface area contributed by atoms with E-state index >= 15 is 0 Å². The fourth-order valence-corrected chi connectivity index (χ4v) is 3.22. The molecule has 1 fully saturated rings. The van der Waals surface area contributed by atoms with Gasteiger partial charge in [0.1, 0.15) is 5.82 Å². The fraction of sp³-hybridized carbons (Fsp3) is 0.706. The van der Waals surface area contributed by atoms with Crippen LogP contribution in [0.15, 0.2) is 12.3 Å². The molecule has 1 atom stereocenters. The van der Waals surface area contributed by atoms with E-state index in [4.69, 9.17) is 0 Å². The first kappa shape index (κ1) is 15.3. The number of rotatable bonds is 2. The Kier molecular flexibility index (Phi) is 4.69. The number of anilines is 1. The molecule has 3 heteroatoms. The second kappa shape index (κ2) is 6.13. The monoisotopic (exact) mass is 276 g/mol. The molecule has 1 saturated heterocycles. The van der Waals surface area contributed by atoms with Crippen LogP contribution in [-0.2, 0) is 6.61 Å². The van der Waals surface area contributed by atoms with Crippen LogP contribution >= 0.6 is 0 Å². The molecule has 1 aromatic rings. The van der Waals surface area contributed by atoms with Crippen molar-refractivity contribution in [1.29, 1.82) is 0 Å². The molecule has 2 heterocycles. The minimum absolute atomic E-state index is 0.0697. The van der Waals surface area contributed by atoms with Crippen molar-refractivity contribution >= 4 is 5.82 Å². The summed E-state index contributed by atoms with van der Waals surface area (Å²) in [4.78, 5) is 6.99. The van der Waals surface area contributed by atoms with Crippen LogP contribution in [0.5, 0.6) is 0 Å². The maximum Gasteiger partial charge on any atom is 0.131 e. The van der Waals surface area contributed by atoms with Gasteiger partial charge in [0, 0.05) is 19.3 Å². The van der Waals surface area contributed by atoms with Crippen molar-refractivity contribution in [2.75, 3.05) is 18.0 Å². The summed E-state index contributed by atoms with van der Waals surface area (Å²) in [5.41, 5.74) is 2.47. The predicted molar refractivity (Wildman–Crippen MR) is 83.9 cm³/mol. The Morgan fingerprint density at radius 3 is 2.65 bits per heavy atom. The quantitative estimate of drug-likeness (QED) is 0.897.